The normalized spacial score (nSPS) is 13.6. The fourth-order valence-corrected chi connectivity index (χ4v) is 4.40. The SMILES string of the molecule is Cc1ccc(S(=O)(=O)N(C)C(C)c2cccs2)cc1CN. The highest BCUT2D eigenvalue weighted by molar-refractivity contribution is 7.89. The summed E-state index contributed by atoms with van der Waals surface area (Å²) in [5.41, 5.74) is 7.53. The molecule has 21 heavy (non-hydrogen) atoms. The number of nitrogens with two attached hydrogens (primary N) is 1. The summed E-state index contributed by atoms with van der Waals surface area (Å²) in [6.07, 6.45) is 0. The molecule has 2 N–H and O–H groups in total. The first-order chi connectivity index (χ1) is 9.87. The molecule has 0 amide bonds. The molecule has 0 fully saturated rings. The third-order valence-electron chi connectivity index (χ3n) is 3.72. The van der Waals surface area contributed by atoms with E-state index in [0.29, 0.717) is 11.4 Å². The Labute approximate surface area is 130 Å². The first kappa shape index (κ1) is 16.2. The van der Waals surface area contributed by atoms with E-state index in [0.717, 1.165) is 16.0 Å². The molecule has 1 atom stereocenters. The van der Waals surface area contributed by atoms with Crippen molar-refractivity contribution in [3.63, 3.8) is 0 Å². The molecule has 0 bridgehead atoms. The summed E-state index contributed by atoms with van der Waals surface area (Å²) in [5, 5.41) is 1.95. The van der Waals surface area contributed by atoms with Gasteiger partial charge in [-0.3, -0.25) is 0 Å². The maximum absolute atomic E-state index is 12.7. The second-order valence-corrected chi connectivity index (χ2v) is 7.98. The molecule has 4 nitrogen and oxygen atoms in total. The summed E-state index contributed by atoms with van der Waals surface area (Å²) >= 11 is 1.55. The van der Waals surface area contributed by atoms with Crippen LogP contribution in [0.3, 0.4) is 0 Å². The van der Waals surface area contributed by atoms with Crippen LogP contribution in [0, 0.1) is 6.92 Å². The van der Waals surface area contributed by atoms with Crippen LogP contribution in [-0.4, -0.2) is 19.8 Å². The number of thiophene rings is 1. The third-order valence-corrected chi connectivity index (χ3v) is 6.68. The van der Waals surface area contributed by atoms with Gasteiger partial charge in [0.15, 0.2) is 0 Å². The molecular weight excluding hydrogens is 304 g/mol. The zero-order valence-electron chi connectivity index (χ0n) is 12.4. The molecule has 2 rings (SSSR count). The quantitative estimate of drug-likeness (QED) is 0.920. The molecule has 0 radical (unpaired) electrons. The molecule has 0 spiro atoms. The fraction of sp³-hybridized carbons (Fsp3) is 0.333. The van der Waals surface area contributed by atoms with Gasteiger partial charge in [0.1, 0.15) is 0 Å². The van der Waals surface area contributed by atoms with E-state index >= 15 is 0 Å². The van der Waals surface area contributed by atoms with Gasteiger partial charge in [-0.15, -0.1) is 11.3 Å². The summed E-state index contributed by atoms with van der Waals surface area (Å²) < 4.78 is 26.9. The van der Waals surface area contributed by atoms with Crippen molar-refractivity contribution in [2.24, 2.45) is 5.73 Å². The van der Waals surface area contributed by atoms with Crippen molar-refractivity contribution in [3.8, 4) is 0 Å². The Morgan fingerprint density at radius 2 is 2.05 bits per heavy atom. The van der Waals surface area contributed by atoms with Crippen molar-refractivity contribution in [1.82, 2.24) is 4.31 Å². The average Bonchev–Trinajstić information content (AvgIpc) is 3.00. The molecule has 1 heterocycles. The summed E-state index contributed by atoms with van der Waals surface area (Å²) in [5.74, 6) is 0. The highest BCUT2D eigenvalue weighted by Crippen LogP contribution is 2.29. The van der Waals surface area contributed by atoms with Crippen molar-refractivity contribution in [2.75, 3.05) is 7.05 Å². The Bertz CT molecular complexity index is 709. The van der Waals surface area contributed by atoms with Crippen LogP contribution in [0.2, 0.25) is 0 Å². The summed E-state index contributed by atoms with van der Waals surface area (Å²) in [4.78, 5) is 1.31. The largest absolute Gasteiger partial charge is 0.326 e. The molecule has 0 saturated carbocycles. The lowest BCUT2D eigenvalue weighted by Crippen LogP contribution is -2.29. The van der Waals surface area contributed by atoms with Gasteiger partial charge in [-0.2, -0.15) is 4.31 Å². The van der Waals surface area contributed by atoms with Gasteiger partial charge in [0.25, 0.3) is 0 Å². The van der Waals surface area contributed by atoms with Gasteiger partial charge in [0.05, 0.1) is 10.9 Å². The predicted octanol–water partition coefficient (Wildman–Crippen LogP) is 2.90. The first-order valence-corrected chi connectivity index (χ1v) is 9.01. The molecule has 6 heteroatoms. The Kier molecular flexibility index (Phi) is 4.83. The van der Waals surface area contributed by atoms with Gasteiger partial charge in [-0.25, -0.2) is 8.42 Å². The minimum atomic E-state index is -3.53. The number of hydrogen-bond acceptors (Lipinski definition) is 4. The highest BCUT2D eigenvalue weighted by Gasteiger charge is 2.27. The van der Waals surface area contributed by atoms with Crippen LogP contribution in [0.25, 0.3) is 0 Å². The Morgan fingerprint density at radius 1 is 1.33 bits per heavy atom. The molecule has 0 saturated heterocycles. The second kappa shape index (κ2) is 6.27. The Hall–Kier alpha value is -1.21. The minimum Gasteiger partial charge on any atom is -0.326 e. The Morgan fingerprint density at radius 3 is 2.62 bits per heavy atom. The monoisotopic (exact) mass is 324 g/mol. The van der Waals surface area contributed by atoms with Gasteiger partial charge in [-0.1, -0.05) is 12.1 Å². The van der Waals surface area contributed by atoms with Crippen LogP contribution in [0.15, 0.2) is 40.6 Å². The van der Waals surface area contributed by atoms with Gasteiger partial charge < -0.3 is 5.73 Å². The zero-order chi connectivity index (χ0) is 15.6. The fourth-order valence-electron chi connectivity index (χ4n) is 2.11. The van der Waals surface area contributed by atoms with E-state index in [1.165, 1.54) is 4.31 Å². The van der Waals surface area contributed by atoms with Gasteiger partial charge in [0, 0.05) is 18.5 Å². The molecule has 1 unspecified atom stereocenters. The molecule has 0 aliphatic heterocycles. The van der Waals surface area contributed by atoms with Crippen molar-refractivity contribution in [2.45, 2.75) is 31.3 Å². The number of benzene rings is 1. The molecule has 1 aromatic carbocycles. The number of hydrogen-bond donors (Lipinski definition) is 1. The average molecular weight is 324 g/mol. The molecule has 114 valence electrons. The van der Waals surface area contributed by atoms with Crippen LogP contribution in [-0.2, 0) is 16.6 Å². The van der Waals surface area contributed by atoms with E-state index < -0.39 is 10.0 Å². The lowest BCUT2D eigenvalue weighted by molar-refractivity contribution is 0.403. The third kappa shape index (κ3) is 3.18. The molecule has 2 aromatic rings. The molecule has 0 aliphatic rings. The van der Waals surface area contributed by atoms with Crippen LogP contribution in [0.5, 0.6) is 0 Å². The standard InChI is InChI=1S/C15H20N2O2S2/c1-11-6-7-14(9-13(11)10-16)21(18,19)17(3)12(2)15-5-4-8-20-15/h4-9,12H,10,16H2,1-3H3. The maximum atomic E-state index is 12.7. The van der Waals surface area contributed by atoms with E-state index in [9.17, 15) is 8.42 Å². The second-order valence-electron chi connectivity index (χ2n) is 5.01. The van der Waals surface area contributed by atoms with Crippen molar-refractivity contribution in [3.05, 3.63) is 51.7 Å². The van der Waals surface area contributed by atoms with E-state index in [4.69, 9.17) is 5.73 Å². The predicted molar refractivity (Wildman–Crippen MR) is 86.8 cm³/mol. The van der Waals surface area contributed by atoms with Crippen LogP contribution < -0.4 is 5.73 Å². The summed E-state index contributed by atoms with van der Waals surface area (Å²) in [7, 11) is -1.92. The van der Waals surface area contributed by atoms with Crippen LogP contribution in [0.1, 0.15) is 29.0 Å². The lowest BCUT2D eigenvalue weighted by Gasteiger charge is -2.24. The number of aryl methyl sites for hydroxylation is 1. The van der Waals surface area contributed by atoms with E-state index in [-0.39, 0.29) is 6.04 Å². The number of nitrogens with zero attached hydrogens (tertiary/aromatic N) is 1. The Balaban J connectivity index is 2.37. The van der Waals surface area contributed by atoms with Crippen molar-refractivity contribution in [1.29, 1.82) is 0 Å². The molecule has 0 aliphatic carbocycles. The van der Waals surface area contributed by atoms with Crippen LogP contribution >= 0.6 is 11.3 Å². The van der Waals surface area contributed by atoms with Gasteiger partial charge in [0.2, 0.25) is 10.0 Å². The first-order valence-electron chi connectivity index (χ1n) is 6.69. The number of rotatable bonds is 5. The van der Waals surface area contributed by atoms with E-state index in [1.807, 2.05) is 31.4 Å². The lowest BCUT2D eigenvalue weighted by atomic mass is 10.1. The number of sulfonamides is 1. The van der Waals surface area contributed by atoms with Crippen molar-refractivity contribution >= 4 is 21.4 Å². The minimum absolute atomic E-state index is 0.197. The molecule has 1 aromatic heterocycles. The zero-order valence-corrected chi connectivity index (χ0v) is 14.0. The van der Waals surface area contributed by atoms with Crippen molar-refractivity contribution < 1.29 is 8.42 Å². The summed E-state index contributed by atoms with van der Waals surface area (Å²) in [6, 6.07) is 8.79. The van der Waals surface area contributed by atoms with Gasteiger partial charge in [-0.05, 0) is 48.6 Å². The van der Waals surface area contributed by atoms with Crippen LogP contribution in [0.4, 0.5) is 0 Å². The maximum Gasteiger partial charge on any atom is 0.243 e. The summed E-state index contributed by atoms with van der Waals surface area (Å²) in [6.45, 7) is 4.15. The molecular formula is C15H20N2O2S2. The van der Waals surface area contributed by atoms with Gasteiger partial charge >= 0.3 is 0 Å². The van der Waals surface area contributed by atoms with E-state index in [2.05, 4.69) is 0 Å². The highest BCUT2D eigenvalue weighted by atomic mass is 32.2. The van der Waals surface area contributed by atoms with E-state index in [1.54, 1.807) is 36.6 Å². The topological polar surface area (TPSA) is 63.4 Å². The smallest absolute Gasteiger partial charge is 0.243 e.